The summed E-state index contributed by atoms with van der Waals surface area (Å²) in [6.45, 7) is 12.0. The van der Waals surface area contributed by atoms with E-state index in [0.29, 0.717) is 0 Å². The molecule has 1 nitrogen and oxygen atoms in total. The summed E-state index contributed by atoms with van der Waals surface area (Å²) < 4.78 is 0. The third kappa shape index (κ3) is 710. The lowest BCUT2D eigenvalue weighted by atomic mass is 11.0. The van der Waals surface area contributed by atoms with Gasteiger partial charge in [0.15, 0.2) is 0 Å². The van der Waals surface area contributed by atoms with Gasteiger partial charge in [-0.3, -0.25) is 0 Å². The van der Waals surface area contributed by atoms with Crippen molar-refractivity contribution in [1.29, 1.82) is 0 Å². The van der Waals surface area contributed by atoms with Crippen molar-refractivity contribution in [3.63, 3.8) is 0 Å². The van der Waals surface area contributed by atoms with Gasteiger partial charge in [0.05, 0.1) is 0 Å². The maximum Gasteiger partial charge on any atom is 0.0319 e. The van der Waals surface area contributed by atoms with Crippen molar-refractivity contribution in [3.05, 3.63) is 0 Å². The first-order valence-corrected chi connectivity index (χ1v) is 7.38. The third-order valence-corrected chi connectivity index (χ3v) is 0. The second kappa shape index (κ2) is 886. The normalized spacial score (nSPS) is 2.57. The Morgan fingerprint density at radius 1 is 0.500 bits per heavy atom. The highest BCUT2D eigenvalue weighted by Crippen LogP contribution is 1.45. The van der Waals surface area contributed by atoms with Gasteiger partial charge in [-0.1, -0.05) is 73.4 Å². The van der Waals surface area contributed by atoms with Crippen molar-refractivity contribution in [2.24, 2.45) is 0 Å². The Morgan fingerprint density at radius 2 is 0.500 bits per heavy atom. The zero-order chi connectivity index (χ0) is 12.0. The van der Waals surface area contributed by atoms with Gasteiger partial charge in [-0.05, 0) is 11.7 Å². The molecule has 0 saturated heterocycles. The van der Waals surface area contributed by atoms with Crippen LogP contribution in [0.1, 0.15) is 41.5 Å². The number of hydrogen-bond donors (Lipinski definition) is 1. The highest BCUT2D eigenvalue weighted by atomic mass is 79.9. The van der Waals surface area contributed by atoms with Crippen LogP contribution in [0.2, 0.25) is 0 Å². The van der Waals surface area contributed by atoms with E-state index in [4.69, 9.17) is 5.11 Å². The van der Waals surface area contributed by atoms with E-state index < -0.39 is 0 Å². The fraction of sp³-hybridized carbons (Fsp3) is 1.00. The fourth-order valence-corrected chi connectivity index (χ4v) is 0. The Hall–Kier alpha value is 1.78. The summed E-state index contributed by atoms with van der Waals surface area (Å²) in [5.74, 6) is 3.62. The monoisotopic (exact) mass is 378 g/mol. The molecule has 1 N–H and O–H groups in total. The Bertz CT molecular complexity index is 20.8. The van der Waals surface area contributed by atoms with Crippen LogP contribution in [0.5, 0.6) is 0 Å². The lowest BCUT2D eigenvalue weighted by Gasteiger charge is -1.21. The molecule has 0 saturated carbocycles. The Morgan fingerprint density at radius 3 is 0.500 bits per heavy atom. The van der Waals surface area contributed by atoms with E-state index in [0.717, 1.165) is 7.11 Å². The zero-order valence-electron chi connectivity index (χ0n) is 11.6. The molecule has 0 aromatic heterocycles. The first-order chi connectivity index (χ1) is 6.00. The van der Waals surface area contributed by atoms with E-state index in [-0.39, 0.29) is 19.8 Å². The minimum Gasteiger partial charge on any atom is -0.400 e. The first-order valence-electron chi connectivity index (χ1n) is 4.20. The first kappa shape index (κ1) is 57.0. The van der Waals surface area contributed by atoms with Gasteiger partial charge in [0.25, 0.3) is 0 Å². The minimum atomic E-state index is 0. The van der Waals surface area contributed by atoms with Crippen LogP contribution in [0.25, 0.3) is 0 Å². The van der Waals surface area contributed by atoms with Crippen molar-refractivity contribution in [1.82, 2.24) is 0 Å². The maximum absolute atomic E-state index is 7.00. The molecular weight excluding hydrogens is 346 g/mol. The standard InChI is InChI=1S/3C2H6.2CH3Br.CH4O.2H3P/c6*1-2;;/h3*1-2H3;2*1H3;2H,1H3;2*1H3. The lowest BCUT2D eigenvalue weighted by molar-refractivity contribution is 0.399. The maximum atomic E-state index is 7.00. The van der Waals surface area contributed by atoms with Crippen LogP contribution < -0.4 is 0 Å². The summed E-state index contributed by atoms with van der Waals surface area (Å²) in [6.07, 6.45) is 0. The molecule has 0 amide bonds. The van der Waals surface area contributed by atoms with Crippen LogP contribution in [0, 0.1) is 0 Å². The van der Waals surface area contributed by atoms with E-state index in [1.165, 1.54) is 0 Å². The molecule has 0 aliphatic rings. The average molecular weight is 380 g/mol. The van der Waals surface area contributed by atoms with Crippen molar-refractivity contribution < 1.29 is 5.11 Å². The second-order valence-corrected chi connectivity index (χ2v) is 0. The quantitative estimate of drug-likeness (QED) is 0.472. The zero-order valence-corrected chi connectivity index (χ0v) is 17.6. The number of alkyl halides is 2. The van der Waals surface area contributed by atoms with Crippen molar-refractivity contribution >= 4 is 51.7 Å². The van der Waals surface area contributed by atoms with Gasteiger partial charge in [0, 0.05) is 7.11 Å². The largest absolute Gasteiger partial charge is 0.400 e. The molecule has 14 heavy (non-hydrogen) atoms. The number of aliphatic hydroxyl groups is 1. The molecule has 0 aliphatic heterocycles. The molecule has 0 aromatic rings. The van der Waals surface area contributed by atoms with Crippen molar-refractivity contribution in [3.8, 4) is 0 Å². The highest BCUT2D eigenvalue weighted by molar-refractivity contribution is 9.09. The predicted molar refractivity (Wildman–Crippen MR) is 94.1 cm³/mol. The van der Waals surface area contributed by atoms with Crippen molar-refractivity contribution in [2.75, 3.05) is 18.8 Å². The van der Waals surface area contributed by atoms with E-state index in [2.05, 4.69) is 31.9 Å². The van der Waals surface area contributed by atoms with Gasteiger partial charge in [0.1, 0.15) is 0 Å². The average Bonchev–Trinajstić information content (AvgIpc) is 2.33. The molecule has 2 atom stereocenters. The lowest BCUT2D eigenvalue weighted by Crippen LogP contribution is -1.25. The summed E-state index contributed by atoms with van der Waals surface area (Å²) >= 11 is 5.88. The molecule has 0 bridgehead atoms. The van der Waals surface area contributed by atoms with E-state index >= 15 is 0 Å². The topological polar surface area (TPSA) is 20.2 Å². The van der Waals surface area contributed by atoms with Gasteiger partial charge in [-0.15, -0.1) is 0 Å². The summed E-state index contributed by atoms with van der Waals surface area (Å²) in [4.78, 5) is 0. The summed E-state index contributed by atoms with van der Waals surface area (Å²) in [5, 5.41) is 7.00. The molecule has 0 fully saturated rings. The van der Waals surface area contributed by atoms with E-state index in [1.807, 2.05) is 53.2 Å². The van der Waals surface area contributed by atoms with Gasteiger partial charge in [0.2, 0.25) is 0 Å². The summed E-state index contributed by atoms with van der Waals surface area (Å²) in [6, 6.07) is 0. The smallest absolute Gasteiger partial charge is 0.0319 e. The highest BCUT2D eigenvalue weighted by Gasteiger charge is 0.952. The van der Waals surface area contributed by atoms with Gasteiger partial charge >= 0.3 is 0 Å². The second-order valence-electron chi connectivity index (χ2n) is 0. The van der Waals surface area contributed by atoms with E-state index in [1.54, 1.807) is 0 Å². The van der Waals surface area contributed by atoms with Crippen LogP contribution in [0.15, 0.2) is 0 Å². The molecule has 0 radical (unpaired) electrons. The van der Waals surface area contributed by atoms with Gasteiger partial charge in [-0.2, -0.15) is 19.8 Å². The van der Waals surface area contributed by atoms with Crippen LogP contribution >= 0.6 is 51.7 Å². The number of aliphatic hydroxyl groups excluding tert-OH is 1. The molecule has 100 valence electrons. The van der Waals surface area contributed by atoms with Crippen LogP contribution in [-0.2, 0) is 0 Å². The predicted octanol–water partition coefficient (Wildman–Crippen LogP) is 4.83. The fourth-order valence-electron chi connectivity index (χ4n) is 0. The van der Waals surface area contributed by atoms with Gasteiger partial charge in [-0.25, -0.2) is 0 Å². The Kier molecular flexibility index (Phi) is 3600. The SMILES string of the molecule is CBr.CBr.CC.CC.CC.CO.P.P. The van der Waals surface area contributed by atoms with Crippen LogP contribution in [0.4, 0.5) is 0 Å². The molecule has 0 heterocycles. The number of rotatable bonds is 0. The van der Waals surface area contributed by atoms with Gasteiger partial charge < -0.3 is 5.11 Å². The Labute approximate surface area is 117 Å². The molecule has 0 aromatic carbocycles. The van der Waals surface area contributed by atoms with Crippen molar-refractivity contribution in [2.45, 2.75) is 41.5 Å². The number of hydrogen-bond acceptors (Lipinski definition) is 1. The molecular formula is C9H34Br2OP2. The van der Waals surface area contributed by atoms with Crippen LogP contribution in [0.3, 0.4) is 0 Å². The van der Waals surface area contributed by atoms with Crippen LogP contribution in [-0.4, -0.2) is 23.9 Å². The molecule has 0 spiro atoms. The number of halogens is 2. The molecule has 0 rings (SSSR count). The van der Waals surface area contributed by atoms with E-state index in [9.17, 15) is 0 Å². The molecule has 0 aliphatic carbocycles. The third-order valence-electron chi connectivity index (χ3n) is 0. The molecule has 2 unspecified atom stereocenters. The minimum absolute atomic E-state index is 0. The summed E-state index contributed by atoms with van der Waals surface area (Å²) in [5.41, 5.74) is 0. The molecule has 5 heteroatoms. The Balaban J connectivity index is -0.00000000500. The summed E-state index contributed by atoms with van der Waals surface area (Å²) in [7, 11) is 1.00.